The predicted molar refractivity (Wildman–Crippen MR) is 89.0 cm³/mol. The Hall–Kier alpha value is -2.04. The van der Waals surface area contributed by atoms with Crippen molar-refractivity contribution in [1.82, 2.24) is 0 Å². The van der Waals surface area contributed by atoms with Crippen LogP contribution in [-0.4, -0.2) is 13.7 Å². The van der Waals surface area contributed by atoms with Crippen LogP contribution in [0.2, 0.25) is 0 Å². The summed E-state index contributed by atoms with van der Waals surface area (Å²) in [6, 6.07) is 15.8. The Morgan fingerprint density at radius 2 is 1.82 bits per heavy atom. The maximum absolute atomic E-state index is 6.20. The van der Waals surface area contributed by atoms with E-state index in [4.69, 9.17) is 20.9 Å². The zero-order chi connectivity index (χ0) is 15.8. The van der Waals surface area contributed by atoms with Crippen LogP contribution in [0.1, 0.15) is 30.0 Å². The molecule has 4 heteroatoms. The SMILES string of the molecule is COc1ccc([C@H](N)CCCN)cc1OCc1ccccc1. The molecule has 0 aliphatic rings. The van der Waals surface area contributed by atoms with E-state index in [9.17, 15) is 0 Å². The molecule has 2 aromatic rings. The number of ether oxygens (including phenoxy) is 2. The molecular formula is C18H24N2O2. The van der Waals surface area contributed by atoms with E-state index in [0.717, 1.165) is 24.0 Å². The third kappa shape index (κ3) is 4.48. The van der Waals surface area contributed by atoms with E-state index in [0.29, 0.717) is 24.7 Å². The Morgan fingerprint density at radius 1 is 1.05 bits per heavy atom. The predicted octanol–water partition coefficient (Wildman–Crippen LogP) is 3.01. The molecule has 0 unspecified atom stereocenters. The molecule has 0 radical (unpaired) electrons. The Kier molecular flexibility index (Phi) is 6.25. The third-order valence-corrected chi connectivity index (χ3v) is 3.57. The van der Waals surface area contributed by atoms with Crippen molar-refractivity contribution >= 4 is 0 Å². The van der Waals surface area contributed by atoms with Gasteiger partial charge in [-0.05, 0) is 42.6 Å². The summed E-state index contributed by atoms with van der Waals surface area (Å²) >= 11 is 0. The van der Waals surface area contributed by atoms with Crippen molar-refractivity contribution in [3.8, 4) is 11.5 Å². The van der Waals surface area contributed by atoms with Gasteiger partial charge in [0.05, 0.1) is 7.11 Å². The van der Waals surface area contributed by atoms with Gasteiger partial charge >= 0.3 is 0 Å². The average Bonchev–Trinajstić information content (AvgIpc) is 2.58. The van der Waals surface area contributed by atoms with Gasteiger partial charge < -0.3 is 20.9 Å². The van der Waals surface area contributed by atoms with Crippen LogP contribution in [0.4, 0.5) is 0 Å². The van der Waals surface area contributed by atoms with Crippen molar-refractivity contribution < 1.29 is 9.47 Å². The molecule has 0 fully saturated rings. The smallest absolute Gasteiger partial charge is 0.161 e. The maximum atomic E-state index is 6.20. The number of hydrogen-bond acceptors (Lipinski definition) is 4. The molecule has 2 rings (SSSR count). The zero-order valence-corrected chi connectivity index (χ0v) is 13.0. The van der Waals surface area contributed by atoms with E-state index >= 15 is 0 Å². The van der Waals surface area contributed by atoms with Crippen LogP contribution in [-0.2, 0) is 6.61 Å². The van der Waals surface area contributed by atoms with Crippen molar-refractivity contribution in [1.29, 1.82) is 0 Å². The van der Waals surface area contributed by atoms with Crippen LogP contribution >= 0.6 is 0 Å². The topological polar surface area (TPSA) is 70.5 Å². The maximum Gasteiger partial charge on any atom is 0.161 e. The van der Waals surface area contributed by atoms with Crippen molar-refractivity contribution in [2.24, 2.45) is 11.5 Å². The summed E-state index contributed by atoms with van der Waals surface area (Å²) in [5.74, 6) is 1.43. The molecule has 0 spiro atoms. The lowest BCUT2D eigenvalue weighted by Crippen LogP contribution is -2.12. The van der Waals surface area contributed by atoms with Gasteiger partial charge in [0.1, 0.15) is 6.61 Å². The molecule has 4 nitrogen and oxygen atoms in total. The lowest BCUT2D eigenvalue weighted by molar-refractivity contribution is 0.284. The van der Waals surface area contributed by atoms with Gasteiger partial charge in [0.2, 0.25) is 0 Å². The number of hydrogen-bond donors (Lipinski definition) is 2. The van der Waals surface area contributed by atoms with Gasteiger partial charge in [-0.2, -0.15) is 0 Å². The Labute approximate surface area is 132 Å². The fourth-order valence-corrected chi connectivity index (χ4v) is 2.28. The summed E-state index contributed by atoms with van der Waals surface area (Å²) in [6.07, 6.45) is 1.77. The molecule has 0 aliphatic carbocycles. The lowest BCUT2D eigenvalue weighted by atomic mass is 10.0. The molecule has 4 N–H and O–H groups in total. The van der Waals surface area contributed by atoms with Gasteiger partial charge in [-0.1, -0.05) is 36.4 Å². The monoisotopic (exact) mass is 300 g/mol. The minimum atomic E-state index is -0.0338. The number of nitrogens with two attached hydrogens (primary N) is 2. The molecule has 2 aromatic carbocycles. The van der Waals surface area contributed by atoms with E-state index in [-0.39, 0.29) is 6.04 Å². The quantitative estimate of drug-likeness (QED) is 0.786. The Balaban J connectivity index is 2.10. The molecule has 0 saturated carbocycles. The summed E-state index contributed by atoms with van der Waals surface area (Å²) in [5.41, 5.74) is 13.9. The highest BCUT2D eigenvalue weighted by Gasteiger charge is 2.11. The van der Waals surface area contributed by atoms with Crippen LogP contribution in [0.15, 0.2) is 48.5 Å². The highest BCUT2D eigenvalue weighted by molar-refractivity contribution is 5.44. The molecule has 0 aliphatic heterocycles. The van der Waals surface area contributed by atoms with Gasteiger partial charge in [0, 0.05) is 6.04 Å². The fourth-order valence-electron chi connectivity index (χ4n) is 2.28. The van der Waals surface area contributed by atoms with Crippen molar-refractivity contribution in [2.45, 2.75) is 25.5 Å². The first kappa shape index (κ1) is 16.3. The van der Waals surface area contributed by atoms with Crippen LogP contribution in [0.5, 0.6) is 11.5 Å². The van der Waals surface area contributed by atoms with E-state index in [1.54, 1.807) is 7.11 Å². The second-order valence-electron chi connectivity index (χ2n) is 5.22. The molecule has 22 heavy (non-hydrogen) atoms. The van der Waals surface area contributed by atoms with Crippen LogP contribution in [0.25, 0.3) is 0 Å². The average molecular weight is 300 g/mol. The minimum Gasteiger partial charge on any atom is -0.493 e. The molecule has 0 amide bonds. The largest absolute Gasteiger partial charge is 0.493 e. The second kappa shape index (κ2) is 8.41. The summed E-state index contributed by atoms with van der Waals surface area (Å²) in [4.78, 5) is 0. The van der Waals surface area contributed by atoms with Crippen LogP contribution in [0, 0.1) is 0 Å². The van der Waals surface area contributed by atoms with E-state index in [2.05, 4.69) is 0 Å². The van der Waals surface area contributed by atoms with Crippen molar-refractivity contribution in [2.75, 3.05) is 13.7 Å². The van der Waals surface area contributed by atoms with Crippen molar-refractivity contribution in [3.63, 3.8) is 0 Å². The van der Waals surface area contributed by atoms with Gasteiger partial charge in [0.15, 0.2) is 11.5 Å². The van der Waals surface area contributed by atoms with Gasteiger partial charge in [-0.3, -0.25) is 0 Å². The fraction of sp³-hybridized carbons (Fsp3) is 0.333. The summed E-state index contributed by atoms with van der Waals surface area (Å²) in [5, 5.41) is 0. The van der Waals surface area contributed by atoms with E-state index in [1.807, 2.05) is 48.5 Å². The molecule has 118 valence electrons. The number of rotatable bonds is 8. The summed E-state index contributed by atoms with van der Waals surface area (Å²) in [6.45, 7) is 1.15. The first-order chi connectivity index (χ1) is 10.7. The van der Waals surface area contributed by atoms with E-state index in [1.165, 1.54) is 0 Å². The molecule has 0 heterocycles. The summed E-state index contributed by atoms with van der Waals surface area (Å²) in [7, 11) is 1.64. The van der Waals surface area contributed by atoms with Gasteiger partial charge in [0.25, 0.3) is 0 Å². The Morgan fingerprint density at radius 3 is 2.50 bits per heavy atom. The molecule has 0 saturated heterocycles. The molecule has 0 bridgehead atoms. The van der Waals surface area contributed by atoms with Gasteiger partial charge in [-0.25, -0.2) is 0 Å². The highest BCUT2D eigenvalue weighted by Crippen LogP contribution is 2.31. The number of methoxy groups -OCH3 is 1. The molecule has 1 atom stereocenters. The lowest BCUT2D eigenvalue weighted by Gasteiger charge is -2.16. The standard InChI is InChI=1S/C18H24N2O2/c1-21-17-10-9-15(16(20)8-5-11-19)12-18(17)22-13-14-6-3-2-4-7-14/h2-4,6-7,9-10,12,16H,5,8,11,13,19-20H2,1H3/t16-/m1/s1. The van der Waals surface area contributed by atoms with Crippen molar-refractivity contribution in [3.05, 3.63) is 59.7 Å². The van der Waals surface area contributed by atoms with Crippen LogP contribution < -0.4 is 20.9 Å². The molecule has 0 aromatic heterocycles. The normalized spacial score (nSPS) is 12.0. The Bertz CT molecular complexity index is 573. The second-order valence-corrected chi connectivity index (χ2v) is 5.22. The first-order valence-corrected chi connectivity index (χ1v) is 7.55. The number of benzene rings is 2. The van der Waals surface area contributed by atoms with E-state index < -0.39 is 0 Å². The van der Waals surface area contributed by atoms with Gasteiger partial charge in [-0.15, -0.1) is 0 Å². The van der Waals surface area contributed by atoms with Crippen LogP contribution in [0.3, 0.4) is 0 Å². The zero-order valence-electron chi connectivity index (χ0n) is 13.0. The molecular weight excluding hydrogens is 276 g/mol. The first-order valence-electron chi connectivity index (χ1n) is 7.55. The minimum absolute atomic E-state index is 0.0338. The third-order valence-electron chi connectivity index (χ3n) is 3.57. The highest BCUT2D eigenvalue weighted by atomic mass is 16.5. The summed E-state index contributed by atoms with van der Waals surface area (Å²) < 4.78 is 11.3.